The second kappa shape index (κ2) is 8.65. The number of carbonyl (C=O) groups excluding carboxylic acids is 2. The van der Waals surface area contributed by atoms with Gasteiger partial charge in [-0.1, -0.05) is 18.2 Å². The molecule has 142 valence electrons. The van der Waals surface area contributed by atoms with Crippen molar-refractivity contribution in [1.82, 2.24) is 4.90 Å². The largest absolute Gasteiger partial charge is 0.481 e. The number of para-hydroxylation sites is 1. The van der Waals surface area contributed by atoms with Gasteiger partial charge in [-0.3, -0.25) is 14.9 Å². The maximum Gasteiger partial charge on any atom is 0.324 e. The molecule has 1 saturated heterocycles. The molecule has 1 fully saturated rings. The predicted octanol–water partition coefficient (Wildman–Crippen LogP) is 2.71. The summed E-state index contributed by atoms with van der Waals surface area (Å²) in [5, 5.41) is 14.8. The molecule has 0 spiro atoms. The molecule has 0 radical (unpaired) electrons. The summed E-state index contributed by atoms with van der Waals surface area (Å²) >= 11 is 1.17. The van der Waals surface area contributed by atoms with Crippen molar-refractivity contribution in [2.45, 2.75) is 12.5 Å². The first-order valence-corrected chi connectivity index (χ1v) is 9.18. The number of hydrogen-bond acceptors (Lipinski definition) is 5. The topological polar surface area (TPSA) is 108 Å². The van der Waals surface area contributed by atoms with E-state index in [1.54, 1.807) is 29.2 Å². The Morgan fingerprint density at radius 1 is 1.15 bits per heavy atom. The summed E-state index contributed by atoms with van der Waals surface area (Å²) in [6.07, 6.45) is -0.643. The third-order valence-electron chi connectivity index (χ3n) is 3.91. The van der Waals surface area contributed by atoms with Gasteiger partial charge in [-0.2, -0.15) is 0 Å². The molecule has 27 heavy (non-hydrogen) atoms. The van der Waals surface area contributed by atoms with Gasteiger partial charge in [0.05, 0.1) is 29.0 Å². The molecule has 1 aromatic heterocycles. The van der Waals surface area contributed by atoms with Crippen LogP contribution in [0.4, 0.5) is 15.5 Å². The monoisotopic (exact) mass is 389 g/mol. The van der Waals surface area contributed by atoms with Crippen LogP contribution >= 0.6 is 11.3 Å². The van der Waals surface area contributed by atoms with E-state index in [2.05, 4.69) is 10.6 Å². The average Bonchev–Trinajstić information content (AvgIpc) is 3.10. The summed E-state index contributed by atoms with van der Waals surface area (Å²) in [6, 6.07) is 11.9. The number of rotatable bonds is 5. The zero-order valence-electron chi connectivity index (χ0n) is 14.4. The summed E-state index contributed by atoms with van der Waals surface area (Å²) in [5.41, 5.74) is 0.667. The number of thiophene rings is 1. The van der Waals surface area contributed by atoms with Gasteiger partial charge in [0.1, 0.15) is 0 Å². The highest BCUT2D eigenvalue weighted by Gasteiger charge is 2.27. The lowest BCUT2D eigenvalue weighted by molar-refractivity contribution is -0.141. The standard InChI is InChI=1S/C18H19N3O5S/c22-16(23)10-13-11-21(8-9-26-13)17(24)14-6-7-15(27-14)20-18(25)19-12-4-2-1-3-5-12/h1-7,13H,8-11H2,(H,22,23)(H2,19,20,25). The average molecular weight is 389 g/mol. The molecule has 1 aliphatic heterocycles. The molecular weight excluding hydrogens is 370 g/mol. The number of carboxylic acids is 1. The molecule has 1 atom stereocenters. The van der Waals surface area contributed by atoms with Crippen LogP contribution in [0.1, 0.15) is 16.1 Å². The van der Waals surface area contributed by atoms with Crippen LogP contribution in [-0.2, 0) is 9.53 Å². The van der Waals surface area contributed by atoms with Crippen molar-refractivity contribution in [3.63, 3.8) is 0 Å². The van der Waals surface area contributed by atoms with E-state index in [0.717, 1.165) is 0 Å². The Balaban J connectivity index is 1.57. The molecule has 0 saturated carbocycles. The minimum Gasteiger partial charge on any atom is -0.481 e. The highest BCUT2D eigenvalue weighted by Crippen LogP contribution is 2.24. The van der Waals surface area contributed by atoms with Gasteiger partial charge < -0.3 is 20.1 Å². The molecule has 1 aliphatic rings. The van der Waals surface area contributed by atoms with Crippen molar-refractivity contribution in [3.05, 3.63) is 47.3 Å². The van der Waals surface area contributed by atoms with Gasteiger partial charge in [0.15, 0.2) is 0 Å². The molecule has 8 nitrogen and oxygen atoms in total. The number of hydrogen-bond donors (Lipinski definition) is 3. The molecule has 1 aromatic carbocycles. The molecule has 0 bridgehead atoms. The van der Waals surface area contributed by atoms with Crippen LogP contribution in [0.25, 0.3) is 0 Å². The Hall–Kier alpha value is -2.91. The maximum atomic E-state index is 12.6. The Bertz CT molecular complexity index is 823. The molecule has 2 heterocycles. The van der Waals surface area contributed by atoms with Gasteiger partial charge in [-0.25, -0.2) is 4.79 Å². The normalized spacial score (nSPS) is 16.6. The van der Waals surface area contributed by atoms with Crippen LogP contribution in [0.2, 0.25) is 0 Å². The Labute approximate surface area is 159 Å². The number of benzene rings is 1. The molecule has 2 aromatic rings. The van der Waals surface area contributed by atoms with E-state index < -0.39 is 18.1 Å². The number of anilines is 2. The first-order chi connectivity index (χ1) is 13.0. The number of urea groups is 1. The van der Waals surface area contributed by atoms with Crippen molar-refractivity contribution in [1.29, 1.82) is 0 Å². The second-order valence-corrected chi connectivity index (χ2v) is 7.03. The molecule has 1 unspecified atom stereocenters. The fourth-order valence-corrected chi connectivity index (χ4v) is 3.56. The number of nitrogens with zero attached hydrogens (tertiary/aromatic N) is 1. The van der Waals surface area contributed by atoms with E-state index in [-0.39, 0.29) is 18.9 Å². The van der Waals surface area contributed by atoms with Crippen LogP contribution in [-0.4, -0.2) is 53.7 Å². The van der Waals surface area contributed by atoms with Gasteiger partial charge in [-0.15, -0.1) is 11.3 Å². The fraction of sp³-hybridized carbons (Fsp3) is 0.278. The lowest BCUT2D eigenvalue weighted by Gasteiger charge is -2.32. The van der Waals surface area contributed by atoms with E-state index in [4.69, 9.17) is 9.84 Å². The van der Waals surface area contributed by atoms with Crippen LogP contribution in [0.5, 0.6) is 0 Å². The molecule has 3 rings (SSSR count). The van der Waals surface area contributed by atoms with Crippen molar-refractivity contribution < 1.29 is 24.2 Å². The van der Waals surface area contributed by atoms with E-state index in [1.165, 1.54) is 11.3 Å². The molecule has 9 heteroatoms. The Morgan fingerprint density at radius 2 is 1.93 bits per heavy atom. The van der Waals surface area contributed by atoms with E-state index in [9.17, 15) is 14.4 Å². The van der Waals surface area contributed by atoms with Gasteiger partial charge in [-0.05, 0) is 24.3 Å². The van der Waals surface area contributed by atoms with Crippen LogP contribution in [0, 0.1) is 0 Å². The first kappa shape index (κ1) is 18.9. The minimum atomic E-state index is -0.957. The minimum absolute atomic E-state index is 0.138. The van der Waals surface area contributed by atoms with E-state index in [1.807, 2.05) is 18.2 Å². The third kappa shape index (κ3) is 5.28. The number of aliphatic carboxylic acids is 1. The number of nitrogens with one attached hydrogen (secondary N) is 2. The van der Waals surface area contributed by atoms with Gasteiger partial charge in [0.2, 0.25) is 0 Å². The number of ether oxygens (including phenoxy) is 1. The lowest BCUT2D eigenvalue weighted by atomic mass is 10.2. The Kier molecular flexibility index (Phi) is 6.05. The summed E-state index contributed by atoms with van der Waals surface area (Å²) in [5.74, 6) is -1.16. The highest BCUT2D eigenvalue weighted by molar-refractivity contribution is 7.18. The van der Waals surface area contributed by atoms with Crippen LogP contribution < -0.4 is 10.6 Å². The van der Waals surface area contributed by atoms with E-state index >= 15 is 0 Å². The zero-order chi connectivity index (χ0) is 19.2. The predicted molar refractivity (Wildman–Crippen MR) is 101 cm³/mol. The summed E-state index contributed by atoms with van der Waals surface area (Å²) in [6.45, 7) is 0.948. The maximum absolute atomic E-state index is 12.6. The van der Waals surface area contributed by atoms with Crippen molar-refractivity contribution >= 4 is 39.9 Å². The third-order valence-corrected chi connectivity index (χ3v) is 4.90. The number of amides is 3. The van der Waals surface area contributed by atoms with Crippen LogP contribution in [0.3, 0.4) is 0 Å². The van der Waals surface area contributed by atoms with Gasteiger partial charge in [0, 0.05) is 18.8 Å². The smallest absolute Gasteiger partial charge is 0.324 e. The number of carbonyl (C=O) groups is 3. The number of morpholine rings is 1. The molecule has 0 aliphatic carbocycles. The van der Waals surface area contributed by atoms with Crippen molar-refractivity contribution in [2.24, 2.45) is 0 Å². The molecular formula is C18H19N3O5S. The Morgan fingerprint density at radius 3 is 2.67 bits per heavy atom. The molecule has 3 N–H and O–H groups in total. The quantitative estimate of drug-likeness (QED) is 0.729. The summed E-state index contributed by atoms with van der Waals surface area (Å²) < 4.78 is 5.38. The van der Waals surface area contributed by atoms with Crippen LogP contribution in [0.15, 0.2) is 42.5 Å². The summed E-state index contributed by atoms with van der Waals surface area (Å²) in [4.78, 5) is 37.5. The zero-order valence-corrected chi connectivity index (χ0v) is 15.2. The summed E-state index contributed by atoms with van der Waals surface area (Å²) in [7, 11) is 0. The number of carboxylic acid groups (broad SMARTS) is 1. The van der Waals surface area contributed by atoms with Gasteiger partial charge in [0.25, 0.3) is 5.91 Å². The molecule has 3 amide bonds. The van der Waals surface area contributed by atoms with Crippen molar-refractivity contribution in [2.75, 3.05) is 30.3 Å². The lowest BCUT2D eigenvalue weighted by Crippen LogP contribution is -2.46. The van der Waals surface area contributed by atoms with E-state index in [0.29, 0.717) is 28.7 Å². The first-order valence-electron chi connectivity index (χ1n) is 8.37. The van der Waals surface area contributed by atoms with Gasteiger partial charge >= 0.3 is 12.0 Å². The van der Waals surface area contributed by atoms with Crippen molar-refractivity contribution in [3.8, 4) is 0 Å². The highest BCUT2D eigenvalue weighted by atomic mass is 32.1. The fourth-order valence-electron chi connectivity index (χ4n) is 2.69. The second-order valence-electron chi connectivity index (χ2n) is 5.95. The SMILES string of the molecule is O=C(O)CC1CN(C(=O)c2ccc(NC(=O)Nc3ccccc3)s2)CCO1.